The highest BCUT2D eigenvalue weighted by Crippen LogP contribution is 2.13. The number of rotatable bonds is 9. The Balaban J connectivity index is 1.66. The Morgan fingerprint density at radius 2 is 1.68 bits per heavy atom. The van der Waals surface area contributed by atoms with Crippen LogP contribution in [0.4, 0.5) is 0 Å². The molecule has 0 spiro atoms. The van der Waals surface area contributed by atoms with E-state index in [1.54, 1.807) is 0 Å². The van der Waals surface area contributed by atoms with Gasteiger partial charge in [0.2, 0.25) is 0 Å². The number of benzene rings is 2. The zero-order valence-electron chi connectivity index (χ0n) is 13.7. The maximum atomic E-state index is 5.47. The van der Waals surface area contributed by atoms with E-state index in [1.807, 2.05) is 6.92 Å². The van der Waals surface area contributed by atoms with Crippen molar-refractivity contribution >= 4 is 0 Å². The number of aryl methyl sites for hydroxylation is 1. The van der Waals surface area contributed by atoms with Crippen LogP contribution in [0.1, 0.15) is 31.4 Å². The monoisotopic (exact) mass is 297 g/mol. The van der Waals surface area contributed by atoms with Gasteiger partial charge in [-0.05, 0) is 62.9 Å². The van der Waals surface area contributed by atoms with Crippen LogP contribution in [0.25, 0.3) is 0 Å². The molecule has 0 aromatic heterocycles. The van der Waals surface area contributed by atoms with E-state index in [1.165, 1.54) is 17.5 Å². The van der Waals surface area contributed by atoms with Crippen LogP contribution in [0.2, 0.25) is 0 Å². The molecule has 2 aromatic carbocycles. The van der Waals surface area contributed by atoms with Gasteiger partial charge in [-0.1, -0.05) is 42.5 Å². The van der Waals surface area contributed by atoms with Gasteiger partial charge in [0.05, 0.1) is 6.61 Å². The zero-order valence-corrected chi connectivity index (χ0v) is 13.7. The Kier molecular flexibility index (Phi) is 6.98. The van der Waals surface area contributed by atoms with E-state index in [4.69, 9.17) is 4.74 Å². The van der Waals surface area contributed by atoms with Crippen molar-refractivity contribution < 1.29 is 4.74 Å². The van der Waals surface area contributed by atoms with Gasteiger partial charge in [-0.25, -0.2) is 0 Å². The molecule has 1 N–H and O–H groups in total. The quantitative estimate of drug-likeness (QED) is 0.699. The Morgan fingerprint density at radius 1 is 0.955 bits per heavy atom. The third kappa shape index (κ3) is 5.90. The first-order valence-electron chi connectivity index (χ1n) is 8.27. The fourth-order valence-corrected chi connectivity index (χ4v) is 2.60. The lowest BCUT2D eigenvalue weighted by atomic mass is 10.1. The molecular formula is C20H27NO. The molecule has 1 atom stereocenters. The van der Waals surface area contributed by atoms with Crippen LogP contribution >= 0.6 is 0 Å². The first kappa shape index (κ1) is 16.6. The molecule has 0 heterocycles. The van der Waals surface area contributed by atoms with Gasteiger partial charge in [0.25, 0.3) is 0 Å². The first-order chi connectivity index (χ1) is 10.8. The molecule has 2 aromatic rings. The Morgan fingerprint density at radius 3 is 2.36 bits per heavy atom. The van der Waals surface area contributed by atoms with E-state index in [9.17, 15) is 0 Å². The summed E-state index contributed by atoms with van der Waals surface area (Å²) in [4.78, 5) is 0. The summed E-state index contributed by atoms with van der Waals surface area (Å²) in [6, 6.07) is 19.6. The van der Waals surface area contributed by atoms with Crippen molar-refractivity contribution in [2.45, 2.75) is 39.2 Å². The maximum Gasteiger partial charge on any atom is 0.119 e. The molecule has 0 amide bonds. The molecule has 0 aliphatic heterocycles. The van der Waals surface area contributed by atoms with Gasteiger partial charge in [-0.3, -0.25) is 0 Å². The molecule has 2 heteroatoms. The molecule has 118 valence electrons. The topological polar surface area (TPSA) is 21.3 Å². The Bertz CT molecular complexity index is 521. The van der Waals surface area contributed by atoms with Gasteiger partial charge in [0, 0.05) is 6.04 Å². The highest BCUT2D eigenvalue weighted by atomic mass is 16.5. The van der Waals surface area contributed by atoms with Gasteiger partial charge >= 0.3 is 0 Å². The fraction of sp³-hybridized carbons (Fsp3) is 0.400. The van der Waals surface area contributed by atoms with E-state index >= 15 is 0 Å². The van der Waals surface area contributed by atoms with Crippen molar-refractivity contribution in [3.05, 3.63) is 65.7 Å². The summed E-state index contributed by atoms with van der Waals surface area (Å²) in [5.41, 5.74) is 2.77. The van der Waals surface area contributed by atoms with Crippen molar-refractivity contribution in [3.63, 3.8) is 0 Å². The van der Waals surface area contributed by atoms with Crippen molar-refractivity contribution in [3.8, 4) is 5.75 Å². The smallest absolute Gasteiger partial charge is 0.119 e. The number of hydrogen-bond acceptors (Lipinski definition) is 2. The third-order valence-corrected chi connectivity index (χ3v) is 3.75. The summed E-state index contributed by atoms with van der Waals surface area (Å²) >= 11 is 0. The second-order valence-corrected chi connectivity index (χ2v) is 5.73. The SMILES string of the molecule is CCOc1ccc(CC(C)NCCCc2ccccc2)cc1. The van der Waals surface area contributed by atoms with Gasteiger partial charge in [0.1, 0.15) is 5.75 Å². The number of nitrogens with one attached hydrogen (secondary N) is 1. The molecule has 2 rings (SSSR count). The van der Waals surface area contributed by atoms with E-state index in [0.717, 1.165) is 31.7 Å². The van der Waals surface area contributed by atoms with E-state index in [2.05, 4.69) is 66.8 Å². The molecule has 0 radical (unpaired) electrons. The fourth-order valence-electron chi connectivity index (χ4n) is 2.60. The maximum absolute atomic E-state index is 5.47. The average molecular weight is 297 g/mol. The summed E-state index contributed by atoms with van der Waals surface area (Å²) in [5.74, 6) is 0.953. The molecule has 0 aliphatic carbocycles. The molecule has 2 nitrogen and oxygen atoms in total. The van der Waals surface area contributed by atoms with E-state index in [0.29, 0.717) is 6.04 Å². The predicted molar refractivity (Wildman–Crippen MR) is 93.5 cm³/mol. The average Bonchev–Trinajstić information content (AvgIpc) is 2.55. The lowest BCUT2D eigenvalue weighted by Gasteiger charge is -2.14. The van der Waals surface area contributed by atoms with Crippen molar-refractivity contribution in [2.24, 2.45) is 0 Å². The van der Waals surface area contributed by atoms with Crippen LogP contribution in [-0.4, -0.2) is 19.2 Å². The van der Waals surface area contributed by atoms with Gasteiger partial charge < -0.3 is 10.1 Å². The van der Waals surface area contributed by atoms with Gasteiger partial charge in [-0.2, -0.15) is 0 Å². The van der Waals surface area contributed by atoms with Crippen molar-refractivity contribution in [1.29, 1.82) is 0 Å². The lowest BCUT2D eigenvalue weighted by molar-refractivity contribution is 0.340. The lowest BCUT2D eigenvalue weighted by Crippen LogP contribution is -2.29. The molecule has 0 aliphatic rings. The second kappa shape index (κ2) is 9.26. The molecule has 0 fully saturated rings. The molecular weight excluding hydrogens is 270 g/mol. The van der Waals surface area contributed by atoms with Crippen LogP contribution in [-0.2, 0) is 12.8 Å². The Labute approximate surface area is 134 Å². The van der Waals surface area contributed by atoms with Crippen LogP contribution in [0.15, 0.2) is 54.6 Å². The highest BCUT2D eigenvalue weighted by Gasteiger charge is 2.03. The molecule has 0 saturated heterocycles. The minimum Gasteiger partial charge on any atom is -0.494 e. The normalized spacial score (nSPS) is 12.1. The third-order valence-electron chi connectivity index (χ3n) is 3.75. The number of hydrogen-bond donors (Lipinski definition) is 1. The zero-order chi connectivity index (χ0) is 15.6. The molecule has 0 bridgehead atoms. The van der Waals surface area contributed by atoms with Gasteiger partial charge in [0.15, 0.2) is 0 Å². The predicted octanol–water partition coefficient (Wildman–Crippen LogP) is 4.24. The minimum atomic E-state index is 0.494. The summed E-state index contributed by atoms with van der Waals surface area (Å²) in [7, 11) is 0. The standard InChI is InChI=1S/C20H27NO/c1-3-22-20-13-11-19(12-14-20)16-17(2)21-15-7-10-18-8-5-4-6-9-18/h4-6,8-9,11-14,17,21H,3,7,10,15-16H2,1-2H3. The van der Waals surface area contributed by atoms with Crippen LogP contribution in [0.3, 0.4) is 0 Å². The highest BCUT2D eigenvalue weighted by molar-refractivity contribution is 5.27. The summed E-state index contributed by atoms with van der Waals surface area (Å²) in [6.45, 7) is 6.04. The first-order valence-corrected chi connectivity index (χ1v) is 8.27. The summed E-state index contributed by atoms with van der Waals surface area (Å²) in [5, 5.41) is 3.61. The van der Waals surface area contributed by atoms with Crippen molar-refractivity contribution in [1.82, 2.24) is 5.32 Å². The number of ether oxygens (including phenoxy) is 1. The molecule has 0 saturated carbocycles. The summed E-state index contributed by atoms with van der Waals surface area (Å²) in [6.07, 6.45) is 3.37. The Hall–Kier alpha value is -1.80. The van der Waals surface area contributed by atoms with Gasteiger partial charge in [-0.15, -0.1) is 0 Å². The van der Waals surface area contributed by atoms with Crippen LogP contribution in [0.5, 0.6) is 5.75 Å². The van der Waals surface area contributed by atoms with Crippen LogP contribution in [0, 0.1) is 0 Å². The molecule has 1 unspecified atom stereocenters. The van der Waals surface area contributed by atoms with Crippen molar-refractivity contribution in [2.75, 3.05) is 13.2 Å². The van der Waals surface area contributed by atoms with Crippen LogP contribution < -0.4 is 10.1 Å². The second-order valence-electron chi connectivity index (χ2n) is 5.73. The molecule has 22 heavy (non-hydrogen) atoms. The van der Waals surface area contributed by atoms with E-state index in [-0.39, 0.29) is 0 Å². The van der Waals surface area contributed by atoms with E-state index < -0.39 is 0 Å². The largest absolute Gasteiger partial charge is 0.494 e. The summed E-state index contributed by atoms with van der Waals surface area (Å²) < 4.78 is 5.47. The minimum absolute atomic E-state index is 0.494.